The van der Waals surface area contributed by atoms with Gasteiger partial charge in [-0.1, -0.05) is 32.9 Å². The number of benzene rings is 1. The van der Waals surface area contributed by atoms with Crippen molar-refractivity contribution in [1.29, 1.82) is 0 Å². The van der Waals surface area contributed by atoms with Gasteiger partial charge in [0.25, 0.3) is 5.91 Å². The second-order valence-electron chi connectivity index (χ2n) is 6.93. The van der Waals surface area contributed by atoms with Crippen LogP contribution >= 0.6 is 0 Å². The zero-order valence-corrected chi connectivity index (χ0v) is 14.0. The molecule has 0 radical (unpaired) electrons. The van der Waals surface area contributed by atoms with Gasteiger partial charge in [0, 0.05) is 12.3 Å². The minimum atomic E-state index is -0.480. The quantitative estimate of drug-likeness (QED) is 0.905. The van der Waals surface area contributed by atoms with Crippen LogP contribution in [0.3, 0.4) is 0 Å². The number of hydrogen-bond donors (Lipinski definition) is 1. The average molecular weight is 305 g/mol. The zero-order valence-electron chi connectivity index (χ0n) is 14.0. The molecule has 0 bridgehead atoms. The lowest BCUT2D eigenvalue weighted by Gasteiger charge is -2.20. The zero-order chi connectivity index (χ0) is 16.2. The highest BCUT2D eigenvalue weighted by molar-refractivity contribution is 5.93. The molecule has 1 saturated heterocycles. The largest absolute Gasteiger partial charge is 0.376 e. The van der Waals surface area contributed by atoms with Gasteiger partial charge in [0.15, 0.2) is 0 Å². The Kier molecular flexibility index (Phi) is 5.59. The molecule has 0 aliphatic carbocycles. The fourth-order valence-electron chi connectivity index (χ4n) is 2.40. The van der Waals surface area contributed by atoms with Gasteiger partial charge >= 0.3 is 0 Å². The second-order valence-corrected chi connectivity index (χ2v) is 6.93. The molecule has 0 spiro atoms. The highest BCUT2D eigenvalue weighted by atomic mass is 16.5. The molecule has 1 aliphatic heterocycles. The predicted octanol–water partition coefficient (Wildman–Crippen LogP) is 3.51. The normalized spacial score (nSPS) is 19.9. The van der Waals surface area contributed by atoms with E-state index in [9.17, 15) is 4.79 Å². The summed E-state index contributed by atoms with van der Waals surface area (Å²) in [5, 5.41) is 2.89. The highest BCUT2D eigenvalue weighted by Gasteiger charge is 2.20. The molecular weight excluding hydrogens is 278 g/mol. The summed E-state index contributed by atoms with van der Waals surface area (Å²) in [6.45, 7) is 9.56. The van der Waals surface area contributed by atoms with Crippen molar-refractivity contribution < 1.29 is 14.3 Å². The van der Waals surface area contributed by atoms with Crippen LogP contribution in [0.5, 0.6) is 0 Å². The lowest BCUT2D eigenvalue weighted by Crippen LogP contribution is -2.30. The van der Waals surface area contributed by atoms with Crippen molar-refractivity contribution in [3.8, 4) is 0 Å². The topological polar surface area (TPSA) is 47.6 Å². The third kappa shape index (κ3) is 4.82. The number of carbonyl (C=O) groups is 1. The van der Waals surface area contributed by atoms with E-state index >= 15 is 0 Å². The molecule has 1 aliphatic rings. The Balaban J connectivity index is 1.82. The maximum absolute atomic E-state index is 12.1. The summed E-state index contributed by atoms with van der Waals surface area (Å²) in [5.41, 5.74) is 2.15. The first kappa shape index (κ1) is 17.0. The van der Waals surface area contributed by atoms with Crippen LogP contribution in [0.4, 0.5) is 5.69 Å². The first-order valence-corrected chi connectivity index (χ1v) is 8.01. The number of hydrogen-bond acceptors (Lipinski definition) is 3. The summed E-state index contributed by atoms with van der Waals surface area (Å²) < 4.78 is 11.1. The maximum atomic E-state index is 12.1. The Morgan fingerprint density at radius 1 is 1.36 bits per heavy atom. The third-order valence-electron chi connectivity index (χ3n) is 3.94. The van der Waals surface area contributed by atoms with E-state index in [1.807, 2.05) is 24.3 Å². The van der Waals surface area contributed by atoms with E-state index < -0.39 is 6.10 Å². The molecule has 4 nitrogen and oxygen atoms in total. The van der Waals surface area contributed by atoms with Gasteiger partial charge in [-0.05, 0) is 42.9 Å². The van der Waals surface area contributed by atoms with Crippen molar-refractivity contribution in [3.63, 3.8) is 0 Å². The van der Waals surface area contributed by atoms with Gasteiger partial charge in [0.2, 0.25) is 0 Å². The molecule has 22 heavy (non-hydrogen) atoms. The van der Waals surface area contributed by atoms with Gasteiger partial charge in [0.05, 0.1) is 12.7 Å². The van der Waals surface area contributed by atoms with Crippen molar-refractivity contribution in [2.75, 3.05) is 18.5 Å². The molecule has 1 fully saturated rings. The number of ether oxygens (including phenoxy) is 2. The molecule has 1 amide bonds. The summed E-state index contributed by atoms with van der Waals surface area (Å²) in [6.07, 6.45) is 1.75. The van der Waals surface area contributed by atoms with E-state index in [0.717, 1.165) is 25.1 Å². The second kappa shape index (κ2) is 7.25. The van der Waals surface area contributed by atoms with E-state index in [1.165, 1.54) is 5.56 Å². The summed E-state index contributed by atoms with van der Waals surface area (Å²) >= 11 is 0. The summed E-state index contributed by atoms with van der Waals surface area (Å²) in [6, 6.07) is 7.97. The van der Waals surface area contributed by atoms with Crippen LogP contribution in [-0.4, -0.2) is 31.3 Å². The monoisotopic (exact) mass is 305 g/mol. The fourth-order valence-corrected chi connectivity index (χ4v) is 2.40. The lowest BCUT2D eigenvalue weighted by atomic mass is 9.87. The Bertz CT molecular complexity index is 484. The Morgan fingerprint density at radius 3 is 2.59 bits per heavy atom. The van der Waals surface area contributed by atoms with Crippen LogP contribution < -0.4 is 5.32 Å². The lowest BCUT2D eigenvalue weighted by molar-refractivity contribution is -0.128. The molecule has 2 rings (SSSR count). The first-order chi connectivity index (χ1) is 10.4. The van der Waals surface area contributed by atoms with Gasteiger partial charge in [0.1, 0.15) is 6.10 Å². The molecule has 1 heterocycles. The molecule has 0 saturated carbocycles. The van der Waals surface area contributed by atoms with Crippen LogP contribution in [0, 0.1) is 0 Å². The van der Waals surface area contributed by atoms with E-state index in [4.69, 9.17) is 9.47 Å². The first-order valence-electron chi connectivity index (χ1n) is 8.01. The van der Waals surface area contributed by atoms with Crippen molar-refractivity contribution in [3.05, 3.63) is 29.8 Å². The molecule has 0 aromatic heterocycles. The fraction of sp³-hybridized carbons (Fsp3) is 0.611. The van der Waals surface area contributed by atoms with Crippen molar-refractivity contribution in [1.82, 2.24) is 0 Å². The Labute approximate surface area is 133 Å². The van der Waals surface area contributed by atoms with Crippen LogP contribution in [0.25, 0.3) is 0 Å². The predicted molar refractivity (Wildman–Crippen MR) is 88.2 cm³/mol. The Hall–Kier alpha value is -1.39. The summed E-state index contributed by atoms with van der Waals surface area (Å²) in [4.78, 5) is 12.1. The van der Waals surface area contributed by atoms with Gasteiger partial charge in [-0.25, -0.2) is 0 Å². The smallest absolute Gasteiger partial charge is 0.253 e. The van der Waals surface area contributed by atoms with E-state index in [1.54, 1.807) is 6.92 Å². The molecule has 4 heteroatoms. The molecule has 0 unspecified atom stereocenters. The van der Waals surface area contributed by atoms with Crippen molar-refractivity contribution in [2.24, 2.45) is 0 Å². The van der Waals surface area contributed by atoms with Crippen LogP contribution in [0.2, 0.25) is 0 Å². The van der Waals surface area contributed by atoms with Crippen LogP contribution in [0.15, 0.2) is 24.3 Å². The van der Waals surface area contributed by atoms with Crippen molar-refractivity contribution >= 4 is 11.6 Å². The van der Waals surface area contributed by atoms with E-state index in [0.29, 0.717) is 6.61 Å². The third-order valence-corrected chi connectivity index (χ3v) is 3.94. The van der Waals surface area contributed by atoms with Crippen LogP contribution in [0.1, 0.15) is 46.1 Å². The number of nitrogens with one attached hydrogen (secondary N) is 1. The number of rotatable bonds is 5. The Morgan fingerprint density at radius 2 is 2.05 bits per heavy atom. The number of carbonyl (C=O) groups excluding carboxylic acids is 1. The van der Waals surface area contributed by atoms with Gasteiger partial charge < -0.3 is 14.8 Å². The maximum Gasteiger partial charge on any atom is 0.253 e. The van der Waals surface area contributed by atoms with Gasteiger partial charge in [-0.15, -0.1) is 0 Å². The van der Waals surface area contributed by atoms with Crippen LogP contribution in [-0.2, 0) is 19.7 Å². The van der Waals surface area contributed by atoms with E-state index in [-0.39, 0.29) is 17.4 Å². The minimum Gasteiger partial charge on any atom is -0.376 e. The SMILES string of the molecule is C[C@@H](OC[C@H]1CCCO1)C(=O)Nc1ccc(C(C)(C)C)cc1. The molecule has 1 N–H and O–H groups in total. The molecule has 1 aromatic rings. The minimum absolute atomic E-state index is 0.111. The molecule has 122 valence electrons. The van der Waals surface area contributed by atoms with Crippen molar-refractivity contribution in [2.45, 2.75) is 58.2 Å². The average Bonchev–Trinajstić information content (AvgIpc) is 2.97. The number of amides is 1. The van der Waals surface area contributed by atoms with E-state index in [2.05, 4.69) is 26.1 Å². The highest BCUT2D eigenvalue weighted by Crippen LogP contribution is 2.23. The number of anilines is 1. The summed E-state index contributed by atoms with van der Waals surface area (Å²) in [5.74, 6) is -0.124. The van der Waals surface area contributed by atoms with Gasteiger partial charge in [-0.2, -0.15) is 0 Å². The summed E-state index contributed by atoms with van der Waals surface area (Å²) in [7, 11) is 0. The molecule has 1 aromatic carbocycles. The van der Waals surface area contributed by atoms with Gasteiger partial charge in [-0.3, -0.25) is 4.79 Å². The standard InChI is InChI=1S/C18H27NO3/c1-13(22-12-16-6-5-11-21-16)17(20)19-15-9-7-14(8-10-15)18(2,3)4/h7-10,13,16H,5-6,11-12H2,1-4H3,(H,19,20)/t13-,16-/m1/s1. The molecule has 2 atom stereocenters. The molecular formula is C18H27NO3.